The molecule has 2 aromatic rings. The van der Waals surface area contributed by atoms with Crippen LogP contribution in [0.3, 0.4) is 0 Å². The number of hydrogen-bond acceptors (Lipinski definition) is 7. The van der Waals surface area contributed by atoms with Gasteiger partial charge in [0.25, 0.3) is 0 Å². The molecule has 0 saturated carbocycles. The predicted octanol–water partition coefficient (Wildman–Crippen LogP) is 2.01. The third-order valence-electron chi connectivity index (χ3n) is 4.06. The summed E-state index contributed by atoms with van der Waals surface area (Å²) in [6.45, 7) is 3.14. The largest absolute Gasteiger partial charge is 0.463 e. The number of ether oxygens (including phenoxy) is 2. The zero-order valence-corrected chi connectivity index (χ0v) is 15.4. The molecule has 0 unspecified atom stereocenters. The van der Waals surface area contributed by atoms with E-state index >= 15 is 0 Å². The molecule has 146 valence electrons. The number of rotatable bonds is 6. The predicted molar refractivity (Wildman–Crippen MR) is 96.0 cm³/mol. The van der Waals surface area contributed by atoms with Gasteiger partial charge in [0.2, 0.25) is 5.76 Å². The molecular formula is C19H19N3O6. The summed E-state index contributed by atoms with van der Waals surface area (Å²) < 4.78 is 15.2. The minimum atomic E-state index is -0.755. The number of nitrogens with zero attached hydrogens (tertiary/aromatic N) is 1. The van der Waals surface area contributed by atoms with E-state index < -0.39 is 24.0 Å². The number of carbonyl (C=O) groups excluding carboxylic acids is 3. The van der Waals surface area contributed by atoms with Crippen molar-refractivity contribution in [2.45, 2.75) is 19.9 Å². The Morgan fingerprint density at radius 2 is 1.93 bits per heavy atom. The van der Waals surface area contributed by atoms with Crippen molar-refractivity contribution in [3.05, 3.63) is 64.7 Å². The summed E-state index contributed by atoms with van der Waals surface area (Å²) in [5, 5.41) is 8.75. The van der Waals surface area contributed by atoms with Crippen molar-refractivity contribution in [2.75, 3.05) is 13.2 Å². The molecule has 1 aromatic heterocycles. The minimum Gasteiger partial charge on any atom is -0.463 e. The molecule has 2 N–H and O–H groups in total. The van der Waals surface area contributed by atoms with E-state index in [1.807, 2.05) is 6.07 Å². The van der Waals surface area contributed by atoms with E-state index in [4.69, 9.17) is 14.0 Å². The van der Waals surface area contributed by atoms with Crippen LogP contribution in [-0.2, 0) is 14.3 Å². The zero-order chi connectivity index (χ0) is 20.1. The van der Waals surface area contributed by atoms with Crippen molar-refractivity contribution in [1.29, 1.82) is 0 Å². The first-order valence-electron chi connectivity index (χ1n) is 8.62. The van der Waals surface area contributed by atoms with Gasteiger partial charge in [0.05, 0.1) is 30.1 Å². The topological polar surface area (TPSA) is 120 Å². The Labute approximate surface area is 160 Å². The lowest BCUT2D eigenvalue weighted by Crippen LogP contribution is -2.47. The highest BCUT2D eigenvalue weighted by atomic mass is 16.6. The molecule has 1 aromatic carbocycles. The fourth-order valence-electron chi connectivity index (χ4n) is 2.77. The van der Waals surface area contributed by atoms with Crippen LogP contribution in [0, 0.1) is 6.92 Å². The summed E-state index contributed by atoms with van der Waals surface area (Å²) in [6, 6.07) is 7.69. The Bertz CT molecular complexity index is 919. The van der Waals surface area contributed by atoms with Gasteiger partial charge in [-0.25, -0.2) is 14.4 Å². The summed E-state index contributed by atoms with van der Waals surface area (Å²) in [7, 11) is 0. The fraction of sp³-hybridized carbons (Fsp3) is 0.263. The Morgan fingerprint density at radius 3 is 2.57 bits per heavy atom. The number of nitrogens with one attached hydrogen (secondary N) is 2. The Hall–Kier alpha value is -3.62. The Balaban J connectivity index is 1.92. The molecule has 9 heteroatoms. The van der Waals surface area contributed by atoms with Gasteiger partial charge in [0.1, 0.15) is 6.61 Å². The van der Waals surface area contributed by atoms with Crippen LogP contribution in [0.5, 0.6) is 0 Å². The van der Waals surface area contributed by atoms with Gasteiger partial charge in [-0.05, 0) is 19.4 Å². The summed E-state index contributed by atoms with van der Waals surface area (Å²) in [5.74, 6) is -1.42. The monoisotopic (exact) mass is 385 g/mol. The lowest BCUT2D eigenvalue weighted by molar-refractivity contribution is -0.139. The number of aromatic nitrogens is 1. The standard InChI is InChI=1S/C19H19N3O6/c1-3-26-17(23)14-13(10-27-18(24)16-11(2)9-20-28-16)21-19(25)22-15(14)12-7-5-4-6-8-12/h4-9,15H,3,10H2,1-2H3,(H2,21,22,25)/t15-/m0/s1. The first kappa shape index (κ1) is 19.2. The summed E-state index contributed by atoms with van der Waals surface area (Å²) in [4.78, 5) is 36.9. The van der Waals surface area contributed by atoms with Crippen molar-refractivity contribution in [2.24, 2.45) is 0 Å². The molecular weight excluding hydrogens is 366 g/mol. The second-order valence-corrected chi connectivity index (χ2v) is 5.97. The molecule has 1 aliphatic rings. The Kier molecular flexibility index (Phi) is 5.73. The lowest BCUT2D eigenvalue weighted by atomic mass is 9.95. The molecule has 1 aliphatic heterocycles. The molecule has 2 heterocycles. The molecule has 2 amide bonds. The maximum atomic E-state index is 12.6. The van der Waals surface area contributed by atoms with E-state index in [0.29, 0.717) is 11.1 Å². The number of benzene rings is 1. The third kappa shape index (κ3) is 4.03. The SMILES string of the molecule is CCOC(=O)C1=C(COC(=O)c2oncc2C)NC(=O)N[C@H]1c1ccccc1. The number of hydrogen-bond donors (Lipinski definition) is 2. The average molecular weight is 385 g/mol. The van der Waals surface area contributed by atoms with Crippen LogP contribution in [0.2, 0.25) is 0 Å². The van der Waals surface area contributed by atoms with Crippen LogP contribution < -0.4 is 10.6 Å². The van der Waals surface area contributed by atoms with Gasteiger partial charge in [0.15, 0.2) is 0 Å². The van der Waals surface area contributed by atoms with Gasteiger partial charge >= 0.3 is 18.0 Å². The molecule has 0 saturated heterocycles. The summed E-state index contributed by atoms with van der Waals surface area (Å²) in [5.41, 5.74) is 1.51. The van der Waals surface area contributed by atoms with Gasteiger partial charge < -0.3 is 24.6 Å². The highest BCUT2D eigenvalue weighted by Gasteiger charge is 2.34. The quantitative estimate of drug-likeness (QED) is 0.730. The number of aryl methyl sites for hydroxylation is 1. The molecule has 0 bridgehead atoms. The van der Waals surface area contributed by atoms with Gasteiger partial charge in [-0.3, -0.25) is 0 Å². The van der Waals surface area contributed by atoms with Crippen molar-refractivity contribution >= 4 is 18.0 Å². The molecule has 0 radical (unpaired) electrons. The smallest absolute Gasteiger partial charge is 0.377 e. The highest BCUT2D eigenvalue weighted by molar-refractivity contribution is 5.95. The van der Waals surface area contributed by atoms with Crippen LogP contribution in [0.4, 0.5) is 4.79 Å². The van der Waals surface area contributed by atoms with Crippen LogP contribution in [-0.4, -0.2) is 36.3 Å². The van der Waals surface area contributed by atoms with Crippen molar-refractivity contribution in [1.82, 2.24) is 15.8 Å². The number of esters is 2. The van der Waals surface area contributed by atoms with Crippen molar-refractivity contribution in [3.8, 4) is 0 Å². The van der Waals surface area contributed by atoms with E-state index in [1.54, 1.807) is 38.1 Å². The van der Waals surface area contributed by atoms with E-state index in [9.17, 15) is 14.4 Å². The van der Waals surface area contributed by atoms with E-state index in [-0.39, 0.29) is 30.2 Å². The molecule has 28 heavy (non-hydrogen) atoms. The average Bonchev–Trinajstić information content (AvgIpc) is 3.12. The van der Waals surface area contributed by atoms with Crippen LogP contribution in [0.15, 0.2) is 52.3 Å². The summed E-state index contributed by atoms with van der Waals surface area (Å²) >= 11 is 0. The minimum absolute atomic E-state index is 0.0434. The molecule has 9 nitrogen and oxygen atoms in total. The van der Waals surface area contributed by atoms with E-state index in [2.05, 4.69) is 15.8 Å². The van der Waals surface area contributed by atoms with Crippen LogP contribution in [0.25, 0.3) is 0 Å². The molecule has 0 fully saturated rings. The number of urea groups is 1. The summed E-state index contributed by atoms with van der Waals surface area (Å²) in [6.07, 6.45) is 1.39. The highest BCUT2D eigenvalue weighted by Crippen LogP contribution is 2.28. The van der Waals surface area contributed by atoms with Gasteiger partial charge in [0, 0.05) is 5.56 Å². The molecule has 0 spiro atoms. The lowest BCUT2D eigenvalue weighted by Gasteiger charge is -2.29. The van der Waals surface area contributed by atoms with E-state index in [0.717, 1.165) is 0 Å². The zero-order valence-electron chi connectivity index (χ0n) is 15.4. The third-order valence-corrected chi connectivity index (χ3v) is 4.06. The second kappa shape index (κ2) is 8.38. The van der Waals surface area contributed by atoms with Crippen molar-refractivity contribution in [3.63, 3.8) is 0 Å². The number of amides is 2. The number of carbonyl (C=O) groups is 3. The molecule has 1 atom stereocenters. The maximum Gasteiger partial charge on any atom is 0.377 e. The van der Waals surface area contributed by atoms with E-state index in [1.165, 1.54) is 6.20 Å². The normalized spacial score (nSPS) is 16.2. The van der Waals surface area contributed by atoms with Crippen LogP contribution in [0.1, 0.15) is 34.6 Å². The first-order valence-corrected chi connectivity index (χ1v) is 8.62. The molecule has 3 rings (SSSR count). The second-order valence-electron chi connectivity index (χ2n) is 5.97. The first-order chi connectivity index (χ1) is 13.5. The van der Waals surface area contributed by atoms with Gasteiger partial charge in [-0.15, -0.1) is 0 Å². The van der Waals surface area contributed by atoms with Gasteiger partial charge in [-0.1, -0.05) is 35.5 Å². The molecule has 0 aliphatic carbocycles. The maximum absolute atomic E-state index is 12.6. The fourth-order valence-corrected chi connectivity index (χ4v) is 2.77. The Morgan fingerprint density at radius 1 is 1.18 bits per heavy atom. The van der Waals surface area contributed by atoms with Crippen molar-refractivity contribution < 1.29 is 28.4 Å². The van der Waals surface area contributed by atoms with Crippen LogP contribution >= 0.6 is 0 Å². The van der Waals surface area contributed by atoms with Gasteiger partial charge in [-0.2, -0.15) is 0 Å².